The highest BCUT2D eigenvalue weighted by Gasteiger charge is 2.14. The maximum absolute atomic E-state index is 12.3. The number of methoxy groups -OCH3 is 1. The predicted molar refractivity (Wildman–Crippen MR) is 82.0 cm³/mol. The number of anilines is 2. The first-order valence-corrected chi connectivity index (χ1v) is 6.67. The number of ether oxygens (including phenoxy) is 1. The van der Waals surface area contributed by atoms with E-state index >= 15 is 0 Å². The van der Waals surface area contributed by atoms with Crippen LogP contribution in [0, 0.1) is 6.92 Å². The number of nitrogens with zero attached hydrogens (tertiary/aromatic N) is 1. The van der Waals surface area contributed by atoms with Crippen molar-refractivity contribution >= 4 is 33.3 Å². The molecule has 5 nitrogen and oxygen atoms in total. The summed E-state index contributed by atoms with van der Waals surface area (Å²) in [6.07, 6.45) is 1.54. The molecule has 2 aromatic rings. The lowest BCUT2D eigenvalue weighted by molar-refractivity contribution is 0.102. The number of nitrogens with one attached hydrogen (secondary N) is 1. The number of rotatable bonds is 3. The van der Waals surface area contributed by atoms with Gasteiger partial charge in [-0.25, -0.2) is 4.98 Å². The molecule has 0 radical (unpaired) electrons. The summed E-state index contributed by atoms with van der Waals surface area (Å²) in [6, 6.07) is 7.16. The molecule has 1 aromatic heterocycles. The molecule has 0 unspecified atom stereocenters. The molecule has 2 rings (SSSR count). The number of aryl methyl sites for hydroxylation is 1. The second-order valence-electron chi connectivity index (χ2n) is 4.24. The lowest BCUT2D eigenvalue weighted by atomic mass is 10.2. The van der Waals surface area contributed by atoms with Crippen LogP contribution in [-0.4, -0.2) is 18.0 Å². The minimum atomic E-state index is -0.333. The van der Waals surface area contributed by atoms with Crippen LogP contribution in [0.3, 0.4) is 0 Å². The zero-order chi connectivity index (χ0) is 14.7. The third-order valence-corrected chi connectivity index (χ3v) is 3.17. The van der Waals surface area contributed by atoms with Crippen LogP contribution >= 0.6 is 15.9 Å². The molecule has 0 saturated heterocycles. The molecule has 0 aliphatic carbocycles. The van der Waals surface area contributed by atoms with Crippen molar-refractivity contribution in [3.05, 3.63) is 46.1 Å². The highest BCUT2D eigenvalue weighted by Crippen LogP contribution is 2.26. The molecular weight excluding hydrogens is 322 g/mol. The lowest BCUT2D eigenvalue weighted by Crippen LogP contribution is -2.15. The molecule has 1 aromatic carbocycles. The fourth-order valence-corrected chi connectivity index (χ4v) is 2.07. The van der Waals surface area contributed by atoms with Crippen molar-refractivity contribution < 1.29 is 9.53 Å². The van der Waals surface area contributed by atoms with Crippen LogP contribution in [0.25, 0.3) is 0 Å². The van der Waals surface area contributed by atoms with Crippen molar-refractivity contribution in [3.8, 4) is 5.75 Å². The molecular formula is C14H14BrN3O2. The van der Waals surface area contributed by atoms with Crippen LogP contribution in [-0.2, 0) is 0 Å². The average Bonchev–Trinajstić information content (AvgIpc) is 2.41. The van der Waals surface area contributed by atoms with Gasteiger partial charge in [-0.15, -0.1) is 0 Å². The molecule has 104 valence electrons. The summed E-state index contributed by atoms with van der Waals surface area (Å²) >= 11 is 3.27. The molecule has 1 heterocycles. The van der Waals surface area contributed by atoms with Crippen molar-refractivity contribution in [1.29, 1.82) is 0 Å². The van der Waals surface area contributed by atoms with E-state index in [4.69, 9.17) is 10.5 Å². The third kappa shape index (κ3) is 3.08. The summed E-state index contributed by atoms with van der Waals surface area (Å²) in [5.41, 5.74) is 7.64. The molecule has 0 spiro atoms. The van der Waals surface area contributed by atoms with Gasteiger partial charge in [-0.1, -0.05) is 6.07 Å². The normalized spacial score (nSPS) is 10.2. The van der Waals surface area contributed by atoms with Crippen LogP contribution in [0.15, 0.2) is 34.9 Å². The predicted octanol–water partition coefficient (Wildman–Crippen LogP) is 3.00. The first kappa shape index (κ1) is 14.3. The van der Waals surface area contributed by atoms with Crippen LogP contribution in [0.5, 0.6) is 5.75 Å². The second kappa shape index (κ2) is 5.92. The van der Waals surface area contributed by atoms with Crippen LogP contribution < -0.4 is 15.8 Å². The molecule has 0 saturated carbocycles. The molecule has 0 bridgehead atoms. The number of carbonyl (C=O) groups excluding carboxylic acids is 1. The van der Waals surface area contributed by atoms with E-state index in [1.165, 1.54) is 0 Å². The van der Waals surface area contributed by atoms with Crippen molar-refractivity contribution in [2.24, 2.45) is 0 Å². The number of nitrogens with two attached hydrogens (primary N) is 1. The number of halogens is 1. The minimum absolute atomic E-state index is 0.178. The average molecular weight is 336 g/mol. The fourth-order valence-electron chi connectivity index (χ4n) is 1.74. The molecule has 0 aliphatic rings. The van der Waals surface area contributed by atoms with Gasteiger partial charge in [0.2, 0.25) is 0 Å². The van der Waals surface area contributed by atoms with E-state index in [0.717, 1.165) is 5.56 Å². The van der Waals surface area contributed by atoms with E-state index in [0.29, 0.717) is 21.5 Å². The van der Waals surface area contributed by atoms with E-state index in [1.54, 1.807) is 25.4 Å². The second-order valence-corrected chi connectivity index (χ2v) is 5.16. The van der Waals surface area contributed by atoms with Gasteiger partial charge in [-0.3, -0.25) is 4.79 Å². The molecule has 1 amide bonds. The highest BCUT2D eigenvalue weighted by atomic mass is 79.9. The van der Waals surface area contributed by atoms with Crippen molar-refractivity contribution in [2.45, 2.75) is 6.92 Å². The maximum Gasteiger partial charge on any atom is 0.259 e. The highest BCUT2D eigenvalue weighted by molar-refractivity contribution is 9.10. The largest absolute Gasteiger partial charge is 0.495 e. The van der Waals surface area contributed by atoms with E-state index in [9.17, 15) is 4.79 Å². The van der Waals surface area contributed by atoms with E-state index in [1.807, 2.05) is 19.1 Å². The van der Waals surface area contributed by atoms with Gasteiger partial charge in [0.05, 0.1) is 18.4 Å². The number of carbonyl (C=O) groups is 1. The smallest absolute Gasteiger partial charge is 0.259 e. The Kier molecular flexibility index (Phi) is 4.24. The monoisotopic (exact) mass is 335 g/mol. The van der Waals surface area contributed by atoms with Gasteiger partial charge in [0.1, 0.15) is 11.6 Å². The Morgan fingerprint density at radius 3 is 2.85 bits per heavy atom. The van der Waals surface area contributed by atoms with E-state index in [2.05, 4.69) is 26.2 Å². The van der Waals surface area contributed by atoms with Gasteiger partial charge in [0, 0.05) is 10.7 Å². The Morgan fingerprint density at radius 2 is 2.15 bits per heavy atom. The Bertz CT molecular complexity index is 659. The van der Waals surface area contributed by atoms with Gasteiger partial charge < -0.3 is 15.8 Å². The third-order valence-electron chi connectivity index (χ3n) is 2.73. The first-order valence-electron chi connectivity index (χ1n) is 5.88. The number of hydrogen-bond acceptors (Lipinski definition) is 4. The molecule has 20 heavy (non-hydrogen) atoms. The molecule has 6 heteroatoms. The summed E-state index contributed by atoms with van der Waals surface area (Å²) < 4.78 is 5.91. The lowest BCUT2D eigenvalue weighted by Gasteiger charge is -2.12. The first-order chi connectivity index (χ1) is 9.51. The SMILES string of the molecule is COc1ccc(C)cc1NC(=O)c1cc(Br)cnc1N. The number of hydrogen-bond donors (Lipinski definition) is 2. The number of pyridine rings is 1. The van der Waals surface area contributed by atoms with Crippen molar-refractivity contribution in [1.82, 2.24) is 4.98 Å². The van der Waals surface area contributed by atoms with Crippen molar-refractivity contribution in [3.63, 3.8) is 0 Å². The zero-order valence-electron chi connectivity index (χ0n) is 11.1. The van der Waals surface area contributed by atoms with Crippen LogP contribution in [0.4, 0.5) is 11.5 Å². The molecule has 3 N–H and O–H groups in total. The summed E-state index contributed by atoms with van der Waals surface area (Å²) in [6.45, 7) is 1.93. The van der Waals surface area contributed by atoms with Gasteiger partial charge in [-0.05, 0) is 46.6 Å². The van der Waals surface area contributed by atoms with Gasteiger partial charge in [-0.2, -0.15) is 0 Å². The van der Waals surface area contributed by atoms with E-state index < -0.39 is 0 Å². The summed E-state index contributed by atoms with van der Waals surface area (Å²) in [4.78, 5) is 16.2. The van der Waals surface area contributed by atoms with Gasteiger partial charge in [0.25, 0.3) is 5.91 Å². The Hall–Kier alpha value is -2.08. The zero-order valence-corrected chi connectivity index (χ0v) is 12.7. The number of nitrogen functional groups attached to an aromatic ring is 1. The van der Waals surface area contributed by atoms with Crippen LogP contribution in [0.2, 0.25) is 0 Å². The van der Waals surface area contributed by atoms with Gasteiger partial charge >= 0.3 is 0 Å². The Morgan fingerprint density at radius 1 is 1.40 bits per heavy atom. The fraction of sp³-hybridized carbons (Fsp3) is 0.143. The molecule has 0 atom stereocenters. The number of amides is 1. The Balaban J connectivity index is 2.32. The number of aromatic nitrogens is 1. The number of benzene rings is 1. The van der Waals surface area contributed by atoms with Gasteiger partial charge in [0.15, 0.2) is 0 Å². The quantitative estimate of drug-likeness (QED) is 0.903. The summed E-state index contributed by atoms with van der Waals surface area (Å²) in [7, 11) is 1.55. The standard InChI is InChI=1S/C14H14BrN3O2/c1-8-3-4-12(20-2)11(5-8)18-14(19)10-6-9(15)7-17-13(10)16/h3-7H,1-2H3,(H2,16,17)(H,18,19). The summed E-state index contributed by atoms with van der Waals surface area (Å²) in [5.74, 6) is 0.433. The van der Waals surface area contributed by atoms with Crippen LogP contribution in [0.1, 0.15) is 15.9 Å². The molecule has 0 fully saturated rings. The van der Waals surface area contributed by atoms with Crippen molar-refractivity contribution in [2.75, 3.05) is 18.2 Å². The Labute approximate surface area is 125 Å². The van der Waals surface area contributed by atoms with E-state index in [-0.39, 0.29) is 11.7 Å². The summed E-state index contributed by atoms with van der Waals surface area (Å²) in [5, 5.41) is 2.78. The topological polar surface area (TPSA) is 77.2 Å². The minimum Gasteiger partial charge on any atom is -0.495 e. The molecule has 0 aliphatic heterocycles. The maximum atomic E-state index is 12.3.